The van der Waals surface area contributed by atoms with Crippen LogP contribution in [0, 0.1) is 5.92 Å². The lowest BCUT2D eigenvalue weighted by molar-refractivity contribution is 0.360. The zero-order chi connectivity index (χ0) is 48.4. The van der Waals surface area contributed by atoms with Gasteiger partial charge in [-0.05, 0) is 131 Å². The summed E-state index contributed by atoms with van der Waals surface area (Å²) < 4.78 is 4.23. The van der Waals surface area contributed by atoms with E-state index in [9.17, 15) is 0 Å². The molecule has 13 nitrogen and oxygen atoms in total. The number of hydrogen-bond acceptors (Lipinski definition) is 11. The number of anilines is 4. The first-order chi connectivity index (χ1) is 34.1. The summed E-state index contributed by atoms with van der Waals surface area (Å²) in [7, 11) is 0. The first kappa shape index (κ1) is 48.2. The molecule has 10 rings (SSSR count). The largest absolute Gasteiger partial charge is 0.368 e. The highest BCUT2D eigenvalue weighted by Gasteiger charge is 2.23. The van der Waals surface area contributed by atoms with Gasteiger partial charge in [-0.1, -0.05) is 116 Å². The Morgan fingerprint density at radius 1 is 0.500 bits per heavy atom. The molecule has 13 heteroatoms. The van der Waals surface area contributed by atoms with Gasteiger partial charge < -0.3 is 36.1 Å². The molecule has 2 aliphatic rings. The molecule has 4 aromatic heterocycles. The molecule has 4 heterocycles. The third-order valence-electron chi connectivity index (χ3n) is 13.9. The maximum absolute atomic E-state index is 6.09. The summed E-state index contributed by atoms with van der Waals surface area (Å²) >= 11 is 0. The fourth-order valence-corrected chi connectivity index (χ4v) is 9.64. The van der Waals surface area contributed by atoms with E-state index in [2.05, 4.69) is 178 Å². The van der Waals surface area contributed by atoms with Gasteiger partial charge in [-0.3, -0.25) is 0 Å². The predicted octanol–water partition coefficient (Wildman–Crippen LogP) is 12.1. The van der Waals surface area contributed by atoms with Crippen LogP contribution in [0.2, 0.25) is 0 Å². The Kier molecular flexibility index (Phi) is 15.6. The number of benzene rings is 4. The number of hydrogen-bond donors (Lipinski definition) is 5. The van der Waals surface area contributed by atoms with E-state index in [1.807, 2.05) is 18.7 Å². The highest BCUT2D eigenvalue weighted by Crippen LogP contribution is 2.30. The van der Waals surface area contributed by atoms with Crippen LogP contribution >= 0.6 is 0 Å². The van der Waals surface area contributed by atoms with Crippen LogP contribution < -0.4 is 27.0 Å². The summed E-state index contributed by atoms with van der Waals surface area (Å²) in [5.74, 6) is 3.77. The van der Waals surface area contributed by atoms with Gasteiger partial charge >= 0.3 is 0 Å². The van der Waals surface area contributed by atoms with E-state index in [1.54, 1.807) is 0 Å². The van der Waals surface area contributed by atoms with Crippen LogP contribution in [0.5, 0.6) is 0 Å². The number of nitrogens with two attached hydrogens (primary N) is 1. The molecule has 0 spiro atoms. The van der Waals surface area contributed by atoms with Gasteiger partial charge in [-0.15, -0.1) is 0 Å². The second-order valence-corrected chi connectivity index (χ2v) is 20.0. The fraction of sp³-hybridized carbons (Fsp3) is 0.404. The Hall–Kier alpha value is -6.86. The SMILES string of the molecule is CC(C)n1cnc2c(NCCc3ccc(-c4ccccc4)cc3)nc(NC3CCC(N)CC3)nc21.CC1CCC(Nc2nc(NCCc3ccc(-c4ccccc4)cc3)c3ncn(C(C)C)c3n2)CC1. The molecule has 0 unspecified atom stereocenters. The fourth-order valence-electron chi connectivity index (χ4n) is 9.64. The van der Waals surface area contributed by atoms with Crippen molar-refractivity contribution >= 4 is 45.9 Å². The van der Waals surface area contributed by atoms with E-state index in [1.165, 1.54) is 59.1 Å². The molecule has 70 heavy (non-hydrogen) atoms. The first-order valence-corrected chi connectivity index (χ1v) is 25.7. The van der Waals surface area contributed by atoms with Crippen LogP contribution in [-0.2, 0) is 12.8 Å². The Bertz CT molecular complexity index is 2680. The summed E-state index contributed by atoms with van der Waals surface area (Å²) in [5, 5.41) is 14.3. The Balaban J connectivity index is 0.000000174. The molecule has 8 aromatic rings. The van der Waals surface area contributed by atoms with Gasteiger partial charge in [0, 0.05) is 43.3 Å². The van der Waals surface area contributed by atoms with Gasteiger partial charge in [0.15, 0.2) is 34.0 Å². The second kappa shape index (κ2) is 22.7. The quantitative estimate of drug-likeness (QED) is 0.0627. The molecule has 0 aliphatic heterocycles. The van der Waals surface area contributed by atoms with Crippen LogP contribution in [-0.4, -0.2) is 70.3 Å². The van der Waals surface area contributed by atoms with Crippen LogP contribution in [0.4, 0.5) is 23.5 Å². The van der Waals surface area contributed by atoms with Crippen molar-refractivity contribution in [2.45, 2.75) is 129 Å². The summed E-state index contributed by atoms with van der Waals surface area (Å²) in [5.41, 5.74) is 17.0. The van der Waals surface area contributed by atoms with Crippen molar-refractivity contribution in [1.29, 1.82) is 0 Å². The summed E-state index contributed by atoms with van der Waals surface area (Å²) in [6, 6.07) is 40.2. The zero-order valence-electron chi connectivity index (χ0n) is 41.7. The number of fused-ring (bicyclic) bond motifs is 2. The van der Waals surface area contributed by atoms with Crippen molar-refractivity contribution in [2.75, 3.05) is 34.4 Å². The van der Waals surface area contributed by atoms with Crippen molar-refractivity contribution in [3.05, 3.63) is 133 Å². The number of nitrogens with one attached hydrogen (secondary N) is 4. The maximum atomic E-state index is 6.09. The Labute approximate surface area is 413 Å². The topological polar surface area (TPSA) is 161 Å². The van der Waals surface area contributed by atoms with Gasteiger partial charge in [0.1, 0.15) is 0 Å². The van der Waals surface area contributed by atoms with Crippen LogP contribution in [0.25, 0.3) is 44.6 Å². The van der Waals surface area contributed by atoms with Gasteiger partial charge in [0.05, 0.1) is 12.7 Å². The van der Waals surface area contributed by atoms with E-state index in [4.69, 9.17) is 25.7 Å². The lowest BCUT2D eigenvalue weighted by Gasteiger charge is -2.27. The minimum atomic E-state index is 0.270. The van der Waals surface area contributed by atoms with Crippen molar-refractivity contribution in [2.24, 2.45) is 11.7 Å². The molecule has 0 radical (unpaired) electrons. The molecule has 364 valence electrons. The van der Waals surface area contributed by atoms with E-state index in [0.29, 0.717) is 30.0 Å². The highest BCUT2D eigenvalue weighted by atomic mass is 15.2. The summed E-state index contributed by atoms with van der Waals surface area (Å²) in [4.78, 5) is 28.7. The van der Waals surface area contributed by atoms with Gasteiger partial charge in [-0.2, -0.15) is 19.9 Å². The average Bonchev–Trinajstić information content (AvgIpc) is 4.02. The molecule has 0 atom stereocenters. The molecule has 2 aliphatic carbocycles. The van der Waals surface area contributed by atoms with E-state index in [0.717, 1.165) is 91.5 Å². The van der Waals surface area contributed by atoms with Crippen molar-refractivity contribution < 1.29 is 0 Å². The van der Waals surface area contributed by atoms with Crippen LogP contribution in [0.3, 0.4) is 0 Å². The molecule has 6 N–H and O–H groups in total. The van der Waals surface area contributed by atoms with E-state index >= 15 is 0 Å². The molecular weight excluding hydrogens is 867 g/mol. The van der Waals surface area contributed by atoms with Crippen molar-refractivity contribution in [1.82, 2.24) is 39.0 Å². The zero-order valence-corrected chi connectivity index (χ0v) is 41.7. The molecule has 0 saturated heterocycles. The molecular formula is C57H71N13. The molecule has 4 aromatic carbocycles. The normalized spacial score (nSPS) is 18.2. The monoisotopic (exact) mass is 938 g/mol. The molecule has 2 saturated carbocycles. The number of nitrogens with zero attached hydrogens (tertiary/aromatic N) is 8. The average molecular weight is 938 g/mol. The van der Waals surface area contributed by atoms with Crippen LogP contribution in [0.1, 0.15) is 109 Å². The summed E-state index contributed by atoms with van der Waals surface area (Å²) in [6.45, 7) is 12.5. The third kappa shape index (κ3) is 12.1. The standard InChI is InChI=1S/C29H36N6.C28H35N7/c1-20(2)35-19-31-26-27(33-29(34-28(26)35)32-25-15-9-21(3)10-16-25)30-18-17-22-11-13-24(14-12-22)23-7-5-4-6-8-23;1-19(2)35-18-31-25-26(33-28(34-27(25)35)32-24-14-12-23(29)13-15-24)30-17-16-20-8-10-22(11-9-20)21-6-4-3-5-7-21/h4-8,11-14,19-21,25H,9-10,15-18H2,1-3H3,(H2,30,32,33,34);3-11,18-19,23-24H,12-17,29H2,1-2H3,(H2,30,32,33,34). The second-order valence-electron chi connectivity index (χ2n) is 20.0. The lowest BCUT2D eigenvalue weighted by atomic mass is 9.87. The summed E-state index contributed by atoms with van der Waals surface area (Å²) in [6.07, 6.45) is 14.6. The van der Waals surface area contributed by atoms with Gasteiger partial charge in [-0.25, -0.2) is 9.97 Å². The minimum absolute atomic E-state index is 0.270. The maximum Gasteiger partial charge on any atom is 0.227 e. The molecule has 2 fully saturated rings. The lowest BCUT2D eigenvalue weighted by Crippen LogP contribution is -2.33. The highest BCUT2D eigenvalue weighted by molar-refractivity contribution is 5.85. The Morgan fingerprint density at radius 3 is 1.29 bits per heavy atom. The third-order valence-corrected chi connectivity index (χ3v) is 13.9. The van der Waals surface area contributed by atoms with Crippen LogP contribution in [0.15, 0.2) is 122 Å². The number of imidazole rings is 2. The van der Waals surface area contributed by atoms with Crippen molar-refractivity contribution in [3.8, 4) is 22.3 Å². The van der Waals surface area contributed by atoms with Gasteiger partial charge in [0.2, 0.25) is 11.9 Å². The van der Waals surface area contributed by atoms with E-state index in [-0.39, 0.29) is 12.1 Å². The van der Waals surface area contributed by atoms with Gasteiger partial charge in [0.25, 0.3) is 0 Å². The number of aromatic nitrogens is 8. The smallest absolute Gasteiger partial charge is 0.227 e. The molecule has 0 bridgehead atoms. The van der Waals surface area contributed by atoms with Crippen molar-refractivity contribution in [3.63, 3.8) is 0 Å². The predicted molar refractivity (Wildman–Crippen MR) is 288 cm³/mol. The molecule has 0 amide bonds. The first-order valence-electron chi connectivity index (χ1n) is 25.7. The minimum Gasteiger partial charge on any atom is -0.368 e. The Morgan fingerprint density at radius 2 is 0.886 bits per heavy atom. The number of rotatable bonds is 16. The van der Waals surface area contributed by atoms with E-state index < -0.39 is 0 Å².